The van der Waals surface area contributed by atoms with E-state index in [4.69, 9.17) is 18.9 Å². The Balaban J connectivity index is 2.65. The van der Waals surface area contributed by atoms with E-state index in [9.17, 15) is 9.59 Å². The molecule has 0 spiro atoms. The maximum Gasteiger partial charge on any atom is 0.303 e. The molecule has 0 radical (unpaired) electrons. The van der Waals surface area contributed by atoms with Crippen LogP contribution in [0.5, 0.6) is 0 Å². The Labute approximate surface area is 105 Å². The first-order chi connectivity index (χ1) is 8.52. The van der Waals surface area contributed by atoms with E-state index in [1.54, 1.807) is 12.2 Å². The van der Waals surface area contributed by atoms with Crippen LogP contribution in [0.3, 0.4) is 0 Å². The maximum absolute atomic E-state index is 10.9. The summed E-state index contributed by atoms with van der Waals surface area (Å²) in [5.74, 6) is -0.875. The lowest BCUT2D eigenvalue weighted by Gasteiger charge is -2.30. The van der Waals surface area contributed by atoms with Crippen molar-refractivity contribution >= 4 is 11.9 Å². The van der Waals surface area contributed by atoms with Gasteiger partial charge in [-0.1, -0.05) is 6.58 Å². The van der Waals surface area contributed by atoms with Gasteiger partial charge in [0.1, 0.15) is 18.8 Å². The van der Waals surface area contributed by atoms with Gasteiger partial charge in [0, 0.05) is 13.8 Å². The molecule has 0 aromatic carbocycles. The van der Waals surface area contributed by atoms with Gasteiger partial charge in [0.15, 0.2) is 0 Å². The predicted molar refractivity (Wildman–Crippen MR) is 61.3 cm³/mol. The molecule has 0 aromatic rings. The van der Waals surface area contributed by atoms with Crippen molar-refractivity contribution in [3.05, 3.63) is 25.0 Å². The predicted octanol–water partition coefficient (Wildman–Crippen LogP) is 0.922. The number of hydrogen-bond acceptors (Lipinski definition) is 6. The molecule has 6 nitrogen and oxygen atoms in total. The summed E-state index contributed by atoms with van der Waals surface area (Å²) in [5.41, 5.74) is 0. The molecule has 1 aliphatic heterocycles. The van der Waals surface area contributed by atoms with Crippen LogP contribution in [-0.4, -0.2) is 37.0 Å². The lowest BCUT2D eigenvalue weighted by atomic mass is 10.1. The second-order valence-electron chi connectivity index (χ2n) is 3.61. The second-order valence-corrected chi connectivity index (χ2v) is 3.61. The zero-order chi connectivity index (χ0) is 13.5. The molecular formula is C12H16O6. The first kappa shape index (κ1) is 14.2. The Morgan fingerprint density at radius 3 is 2.61 bits per heavy atom. The molecule has 0 saturated carbocycles. The number of carbonyl (C=O) groups is 2. The van der Waals surface area contributed by atoms with E-state index in [1.165, 1.54) is 20.1 Å². The van der Waals surface area contributed by atoms with Crippen LogP contribution in [0.2, 0.25) is 0 Å². The highest BCUT2D eigenvalue weighted by Crippen LogP contribution is 2.17. The number of ether oxygens (including phenoxy) is 4. The zero-order valence-electron chi connectivity index (χ0n) is 10.3. The normalized spacial score (nSPS) is 26.2. The van der Waals surface area contributed by atoms with Crippen LogP contribution in [0.4, 0.5) is 0 Å². The smallest absolute Gasteiger partial charge is 0.303 e. The van der Waals surface area contributed by atoms with Gasteiger partial charge >= 0.3 is 11.9 Å². The molecule has 0 aromatic heterocycles. The fraction of sp³-hybridized carbons (Fsp3) is 0.500. The van der Waals surface area contributed by atoms with Gasteiger partial charge in [-0.25, -0.2) is 0 Å². The molecule has 18 heavy (non-hydrogen) atoms. The Morgan fingerprint density at radius 2 is 2.06 bits per heavy atom. The summed E-state index contributed by atoms with van der Waals surface area (Å²) in [7, 11) is 0. The van der Waals surface area contributed by atoms with Crippen molar-refractivity contribution in [2.75, 3.05) is 6.61 Å². The topological polar surface area (TPSA) is 71.1 Å². The minimum absolute atomic E-state index is 0.0192. The Kier molecular flexibility index (Phi) is 5.38. The molecule has 0 bridgehead atoms. The third-order valence-electron chi connectivity index (χ3n) is 2.12. The zero-order valence-corrected chi connectivity index (χ0v) is 10.3. The van der Waals surface area contributed by atoms with E-state index in [2.05, 4.69) is 6.58 Å². The van der Waals surface area contributed by atoms with E-state index >= 15 is 0 Å². The van der Waals surface area contributed by atoms with E-state index in [1.807, 2.05) is 0 Å². The summed E-state index contributed by atoms with van der Waals surface area (Å²) in [6.45, 7) is 5.98. The number of esters is 2. The van der Waals surface area contributed by atoms with E-state index < -0.39 is 30.4 Å². The Bertz CT molecular complexity index is 348. The second kappa shape index (κ2) is 6.80. The molecule has 0 amide bonds. The van der Waals surface area contributed by atoms with Gasteiger partial charge in [-0.3, -0.25) is 9.59 Å². The largest absolute Gasteiger partial charge is 0.469 e. The molecule has 0 unspecified atom stereocenters. The lowest BCUT2D eigenvalue weighted by molar-refractivity contribution is -0.185. The van der Waals surface area contributed by atoms with Crippen LogP contribution in [0.15, 0.2) is 25.0 Å². The van der Waals surface area contributed by atoms with Crippen molar-refractivity contribution in [1.82, 2.24) is 0 Å². The Morgan fingerprint density at radius 1 is 1.33 bits per heavy atom. The molecule has 0 fully saturated rings. The highest BCUT2D eigenvalue weighted by molar-refractivity contribution is 5.66. The van der Waals surface area contributed by atoms with Crippen LogP contribution < -0.4 is 0 Å². The number of carbonyl (C=O) groups excluding carboxylic acids is 2. The van der Waals surface area contributed by atoms with Gasteiger partial charge in [-0.2, -0.15) is 0 Å². The monoisotopic (exact) mass is 256 g/mol. The highest BCUT2D eigenvalue weighted by atomic mass is 16.7. The summed E-state index contributed by atoms with van der Waals surface area (Å²) < 4.78 is 20.4. The standard InChI is InChI=1S/C12H16O6/c1-4-15-12-6-5-10(17-9(3)14)11(18-12)7-16-8(2)13/h4-6,10-12H,1,7H2,2-3H3/t10-,11-,12+/m1/s1. The summed E-state index contributed by atoms with van der Waals surface area (Å²) in [4.78, 5) is 21.7. The number of rotatable bonds is 5. The summed E-state index contributed by atoms with van der Waals surface area (Å²) in [6, 6.07) is 0. The summed E-state index contributed by atoms with van der Waals surface area (Å²) in [5, 5.41) is 0. The minimum atomic E-state index is -0.630. The quantitative estimate of drug-likeness (QED) is 0.414. The average molecular weight is 256 g/mol. The average Bonchev–Trinajstić information content (AvgIpc) is 2.28. The first-order valence-electron chi connectivity index (χ1n) is 5.43. The van der Waals surface area contributed by atoms with Gasteiger partial charge in [0.05, 0.1) is 6.26 Å². The van der Waals surface area contributed by atoms with Crippen molar-refractivity contribution in [3.63, 3.8) is 0 Å². The van der Waals surface area contributed by atoms with Crippen LogP contribution in [0.25, 0.3) is 0 Å². The van der Waals surface area contributed by atoms with Crippen molar-refractivity contribution in [3.8, 4) is 0 Å². The Hall–Kier alpha value is -1.82. The number of hydrogen-bond donors (Lipinski definition) is 0. The minimum Gasteiger partial charge on any atom is -0.469 e. The molecule has 0 aliphatic carbocycles. The highest BCUT2D eigenvalue weighted by Gasteiger charge is 2.30. The molecule has 1 rings (SSSR count). The van der Waals surface area contributed by atoms with Crippen molar-refractivity contribution in [2.45, 2.75) is 32.3 Å². The molecule has 6 heteroatoms. The maximum atomic E-state index is 10.9. The van der Waals surface area contributed by atoms with Gasteiger partial charge in [-0.05, 0) is 12.2 Å². The van der Waals surface area contributed by atoms with Crippen LogP contribution in [-0.2, 0) is 28.5 Å². The van der Waals surface area contributed by atoms with Crippen LogP contribution in [0.1, 0.15) is 13.8 Å². The fourth-order valence-corrected chi connectivity index (χ4v) is 1.43. The molecule has 3 atom stereocenters. The SMILES string of the molecule is C=CO[C@@H]1C=C[C@@H](OC(C)=O)[C@@H](COC(C)=O)O1. The van der Waals surface area contributed by atoms with E-state index in [0.29, 0.717) is 0 Å². The molecule has 1 heterocycles. The van der Waals surface area contributed by atoms with E-state index in [-0.39, 0.29) is 6.61 Å². The van der Waals surface area contributed by atoms with Gasteiger partial charge in [-0.15, -0.1) is 0 Å². The van der Waals surface area contributed by atoms with Crippen LogP contribution in [0, 0.1) is 0 Å². The molecule has 0 saturated heterocycles. The van der Waals surface area contributed by atoms with Gasteiger partial charge < -0.3 is 18.9 Å². The van der Waals surface area contributed by atoms with Crippen molar-refractivity contribution in [2.24, 2.45) is 0 Å². The third-order valence-corrected chi connectivity index (χ3v) is 2.12. The molecule has 1 aliphatic rings. The summed E-state index contributed by atoms with van der Waals surface area (Å²) in [6.07, 6.45) is 2.63. The van der Waals surface area contributed by atoms with Gasteiger partial charge in [0.25, 0.3) is 0 Å². The first-order valence-corrected chi connectivity index (χ1v) is 5.43. The molecular weight excluding hydrogens is 240 g/mol. The lowest BCUT2D eigenvalue weighted by Crippen LogP contribution is -2.41. The fourth-order valence-electron chi connectivity index (χ4n) is 1.43. The van der Waals surface area contributed by atoms with Gasteiger partial charge in [0.2, 0.25) is 6.29 Å². The third kappa shape index (κ3) is 4.58. The van der Waals surface area contributed by atoms with Crippen molar-refractivity contribution in [1.29, 1.82) is 0 Å². The molecule has 100 valence electrons. The van der Waals surface area contributed by atoms with Crippen molar-refractivity contribution < 1.29 is 28.5 Å². The van der Waals surface area contributed by atoms with E-state index in [0.717, 1.165) is 0 Å². The van der Waals surface area contributed by atoms with Crippen LogP contribution >= 0.6 is 0 Å². The summed E-state index contributed by atoms with van der Waals surface area (Å²) >= 11 is 0. The molecule has 0 N–H and O–H groups in total.